The van der Waals surface area contributed by atoms with Crippen LogP contribution in [0.3, 0.4) is 0 Å². The Morgan fingerprint density at radius 3 is 2.67 bits per heavy atom. The van der Waals surface area contributed by atoms with E-state index in [1.807, 2.05) is 26.1 Å². The zero-order valence-corrected chi connectivity index (χ0v) is 28.2. The molecule has 1 amide bonds. The summed E-state index contributed by atoms with van der Waals surface area (Å²) in [6, 6.07) is 16.0. The summed E-state index contributed by atoms with van der Waals surface area (Å²) in [7, 11) is 2.04. The molecule has 2 saturated heterocycles. The van der Waals surface area contributed by atoms with Crippen LogP contribution in [0.25, 0.3) is 43.8 Å². The van der Waals surface area contributed by atoms with Gasteiger partial charge in [-0.15, -0.1) is 0 Å². The molecule has 0 unspecified atom stereocenters. The zero-order valence-electron chi connectivity index (χ0n) is 27.5. The standard InChI is InChI=1S/C37H35ClFN7O3/c1-20(29-11-6-15-44(29)3)49-36-34-35(46(37(48)43-34)25-13-16-45(21(2)47)24(17-25)12-14-40)27-18-28(38)31(32(39)33(27)42-36)26-10-5-8-22-7-4-9-23(19-41)30(22)26/h4-5,7-10,18,20,24-25,29H,6,11-13,15-17H2,1-3H3,(H,43,48)/t20-,24+,25-,29-/m0/s1. The number of halogens is 2. The first-order chi connectivity index (χ1) is 23.6. The molecule has 4 atom stereocenters. The van der Waals surface area contributed by atoms with Crippen LogP contribution in [-0.2, 0) is 4.79 Å². The van der Waals surface area contributed by atoms with Crippen LogP contribution in [0, 0.1) is 28.5 Å². The van der Waals surface area contributed by atoms with Gasteiger partial charge in [-0.3, -0.25) is 14.3 Å². The molecule has 12 heteroatoms. The van der Waals surface area contributed by atoms with Crippen molar-refractivity contribution in [3.05, 3.63) is 69.4 Å². The largest absolute Gasteiger partial charge is 0.471 e. The van der Waals surface area contributed by atoms with Crippen molar-refractivity contribution in [1.82, 2.24) is 24.3 Å². The van der Waals surface area contributed by atoms with Crippen LogP contribution in [0.2, 0.25) is 5.02 Å². The highest BCUT2D eigenvalue weighted by molar-refractivity contribution is 6.35. The molecule has 0 saturated carbocycles. The Kier molecular flexibility index (Phi) is 8.52. The second-order valence-electron chi connectivity index (χ2n) is 13.1. The van der Waals surface area contributed by atoms with Crippen molar-refractivity contribution in [3.63, 3.8) is 0 Å². The molecule has 0 bridgehead atoms. The summed E-state index contributed by atoms with van der Waals surface area (Å²) in [5.74, 6) is -0.728. The Balaban J connectivity index is 1.48. The summed E-state index contributed by atoms with van der Waals surface area (Å²) in [4.78, 5) is 37.9. The van der Waals surface area contributed by atoms with E-state index in [1.165, 1.54) is 6.92 Å². The number of nitrogens with one attached hydrogen (secondary N) is 1. The number of aromatic amines is 1. The van der Waals surface area contributed by atoms with Crippen LogP contribution >= 0.6 is 11.6 Å². The number of fused-ring (bicyclic) bond motifs is 4. The van der Waals surface area contributed by atoms with Crippen molar-refractivity contribution in [2.45, 2.75) is 70.2 Å². The van der Waals surface area contributed by atoms with Gasteiger partial charge in [-0.25, -0.2) is 14.2 Å². The van der Waals surface area contributed by atoms with Crippen LogP contribution < -0.4 is 10.4 Å². The number of pyridine rings is 1. The minimum absolute atomic E-state index is 0.0252. The van der Waals surface area contributed by atoms with Crippen molar-refractivity contribution in [3.8, 4) is 29.1 Å². The number of carbonyl (C=O) groups is 1. The average Bonchev–Trinajstić information content (AvgIpc) is 3.67. The molecule has 2 aromatic heterocycles. The first kappa shape index (κ1) is 32.6. The van der Waals surface area contributed by atoms with E-state index in [9.17, 15) is 20.1 Å². The number of nitriles is 2. The molecule has 0 radical (unpaired) electrons. The van der Waals surface area contributed by atoms with Crippen molar-refractivity contribution in [1.29, 1.82) is 10.5 Å². The molecule has 2 aliphatic rings. The summed E-state index contributed by atoms with van der Waals surface area (Å²) in [6.45, 7) is 4.73. The number of benzene rings is 3. The maximum atomic E-state index is 17.2. The molecular weight excluding hydrogens is 645 g/mol. The van der Waals surface area contributed by atoms with E-state index in [4.69, 9.17) is 21.3 Å². The third kappa shape index (κ3) is 5.47. The molecule has 1 N–H and O–H groups in total. The number of rotatable bonds is 6. The lowest BCUT2D eigenvalue weighted by Gasteiger charge is -2.38. The minimum atomic E-state index is -0.700. The summed E-state index contributed by atoms with van der Waals surface area (Å²) < 4.78 is 25.3. The fourth-order valence-electron chi connectivity index (χ4n) is 8.01. The molecule has 0 aliphatic carbocycles. The van der Waals surface area contributed by atoms with Gasteiger partial charge in [0.25, 0.3) is 0 Å². The third-order valence-electron chi connectivity index (χ3n) is 10.3. The van der Waals surface area contributed by atoms with Gasteiger partial charge in [0.15, 0.2) is 5.82 Å². The van der Waals surface area contributed by atoms with E-state index in [-0.39, 0.29) is 52.5 Å². The van der Waals surface area contributed by atoms with Crippen molar-refractivity contribution >= 4 is 50.2 Å². The fraction of sp³-hybridized carbons (Fsp3) is 0.378. The lowest BCUT2D eigenvalue weighted by molar-refractivity contribution is -0.132. The van der Waals surface area contributed by atoms with Gasteiger partial charge >= 0.3 is 5.69 Å². The van der Waals surface area contributed by atoms with Crippen LogP contribution in [0.1, 0.15) is 57.6 Å². The lowest BCUT2D eigenvalue weighted by atomic mass is 9.93. The lowest BCUT2D eigenvalue weighted by Crippen LogP contribution is -2.46. The maximum absolute atomic E-state index is 17.2. The number of amides is 1. The van der Waals surface area contributed by atoms with Gasteiger partial charge < -0.3 is 14.6 Å². The van der Waals surface area contributed by atoms with Gasteiger partial charge in [-0.2, -0.15) is 10.5 Å². The Hall–Kier alpha value is -4.97. The molecule has 250 valence electrons. The predicted octanol–water partition coefficient (Wildman–Crippen LogP) is 6.69. The van der Waals surface area contributed by atoms with E-state index in [2.05, 4.69) is 22.0 Å². The second kappa shape index (κ2) is 12.8. The highest BCUT2D eigenvalue weighted by Crippen LogP contribution is 2.43. The van der Waals surface area contributed by atoms with Crippen molar-refractivity contribution in [2.24, 2.45) is 0 Å². The summed E-state index contributed by atoms with van der Waals surface area (Å²) in [5.41, 5.74) is 1.21. The number of carbonyl (C=O) groups excluding carboxylic acids is 1. The Labute approximate surface area is 287 Å². The summed E-state index contributed by atoms with van der Waals surface area (Å²) in [6.07, 6.45) is 2.58. The number of ether oxygens (including phenoxy) is 1. The first-order valence-electron chi connectivity index (χ1n) is 16.5. The van der Waals surface area contributed by atoms with Gasteiger partial charge in [0, 0.05) is 47.9 Å². The minimum Gasteiger partial charge on any atom is -0.471 e. The highest BCUT2D eigenvalue weighted by Gasteiger charge is 2.35. The van der Waals surface area contributed by atoms with Gasteiger partial charge in [-0.1, -0.05) is 41.9 Å². The molecule has 10 nitrogen and oxygen atoms in total. The van der Waals surface area contributed by atoms with Crippen LogP contribution in [-0.4, -0.2) is 68.6 Å². The first-order valence-corrected chi connectivity index (χ1v) is 16.9. The molecule has 5 aromatic rings. The van der Waals surface area contributed by atoms with E-state index in [0.29, 0.717) is 52.3 Å². The molecule has 7 rings (SSSR count). The monoisotopic (exact) mass is 679 g/mol. The molecule has 2 aliphatic heterocycles. The van der Waals surface area contributed by atoms with E-state index < -0.39 is 17.5 Å². The molecule has 49 heavy (non-hydrogen) atoms. The van der Waals surface area contributed by atoms with Crippen LogP contribution in [0.15, 0.2) is 47.3 Å². The molecule has 4 heterocycles. The second-order valence-corrected chi connectivity index (χ2v) is 13.5. The average molecular weight is 680 g/mol. The number of hydrogen-bond acceptors (Lipinski definition) is 7. The van der Waals surface area contributed by atoms with E-state index in [1.54, 1.807) is 39.8 Å². The van der Waals surface area contributed by atoms with E-state index in [0.717, 1.165) is 24.8 Å². The van der Waals surface area contributed by atoms with Gasteiger partial charge in [0.2, 0.25) is 11.8 Å². The normalized spacial score (nSPS) is 20.5. The number of likely N-dealkylation sites (N-methyl/N-ethyl adjacent to an activating group) is 1. The quantitative estimate of drug-likeness (QED) is 0.212. The number of piperidine rings is 1. The van der Waals surface area contributed by atoms with Gasteiger partial charge in [0.1, 0.15) is 17.1 Å². The molecular formula is C37H35ClFN7O3. The summed E-state index contributed by atoms with van der Waals surface area (Å²) >= 11 is 6.96. The Morgan fingerprint density at radius 1 is 1.20 bits per heavy atom. The topological polar surface area (TPSA) is 131 Å². The SMILES string of the molecule is CC(=O)N1CC[C@H](n2c(=O)[nH]c3c(O[C@@H](C)[C@@H]4CCCN4C)nc4c(F)c(-c5cccc6cccc(C#N)c56)c(Cl)cc4c32)C[C@H]1CC#N. The van der Waals surface area contributed by atoms with E-state index >= 15 is 4.39 Å². The number of imidazole rings is 1. The number of aromatic nitrogens is 3. The number of likely N-dealkylation sites (tertiary alicyclic amines) is 2. The Morgan fingerprint density at radius 2 is 1.98 bits per heavy atom. The number of H-pyrrole nitrogens is 1. The summed E-state index contributed by atoms with van der Waals surface area (Å²) in [5, 5.41) is 21.2. The number of nitrogens with zero attached hydrogens (tertiary/aromatic N) is 6. The Bertz CT molecular complexity index is 2280. The van der Waals surface area contributed by atoms with Gasteiger partial charge in [-0.05, 0) is 69.3 Å². The van der Waals surface area contributed by atoms with Crippen LogP contribution in [0.5, 0.6) is 5.88 Å². The van der Waals surface area contributed by atoms with Gasteiger partial charge in [0.05, 0.1) is 34.7 Å². The number of hydrogen-bond donors (Lipinski definition) is 1. The smallest absolute Gasteiger partial charge is 0.326 e. The zero-order chi connectivity index (χ0) is 34.6. The van der Waals surface area contributed by atoms with Crippen molar-refractivity contribution < 1.29 is 13.9 Å². The van der Waals surface area contributed by atoms with Crippen LogP contribution in [0.4, 0.5) is 4.39 Å². The molecule has 0 spiro atoms. The fourth-order valence-corrected chi connectivity index (χ4v) is 8.30. The highest BCUT2D eigenvalue weighted by atomic mass is 35.5. The van der Waals surface area contributed by atoms with Crippen molar-refractivity contribution in [2.75, 3.05) is 20.1 Å². The third-order valence-corrected chi connectivity index (χ3v) is 10.6. The maximum Gasteiger partial charge on any atom is 0.326 e. The predicted molar refractivity (Wildman–Crippen MR) is 186 cm³/mol. The molecule has 3 aromatic carbocycles. The molecule has 2 fully saturated rings.